The van der Waals surface area contributed by atoms with E-state index in [1.54, 1.807) is 0 Å². The van der Waals surface area contributed by atoms with Gasteiger partial charge in [-0.25, -0.2) is 4.98 Å². The molecule has 1 aromatic heterocycles. The maximum atomic E-state index is 12.1. The van der Waals surface area contributed by atoms with Crippen molar-refractivity contribution < 1.29 is 14.3 Å². The summed E-state index contributed by atoms with van der Waals surface area (Å²) >= 11 is 1.53. The Kier molecular flexibility index (Phi) is 7.53. The second-order valence-corrected chi connectivity index (χ2v) is 6.55. The predicted molar refractivity (Wildman–Crippen MR) is 95.9 cm³/mol. The summed E-state index contributed by atoms with van der Waals surface area (Å²) in [5.74, 6) is -0.873. The lowest BCUT2D eigenvalue weighted by Gasteiger charge is -2.20. The first-order valence-corrected chi connectivity index (χ1v) is 8.97. The fraction of sp³-hybridized carbons (Fsp3) is 0.389. The number of hydrogen-bond acceptors (Lipinski definition) is 7. The normalized spacial score (nSPS) is 10.1. The minimum absolute atomic E-state index is 0.142. The Balaban J connectivity index is 1.78. The van der Waals surface area contributed by atoms with Crippen LogP contribution in [0.4, 0.5) is 0 Å². The maximum absolute atomic E-state index is 12.1. The number of nitrogens with zero attached hydrogens (tertiary/aromatic N) is 4. The molecule has 1 aromatic carbocycles. The molecule has 0 aliphatic carbocycles. The van der Waals surface area contributed by atoms with Crippen molar-refractivity contribution in [2.24, 2.45) is 0 Å². The first-order chi connectivity index (χ1) is 12.6. The van der Waals surface area contributed by atoms with E-state index in [9.17, 15) is 9.59 Å². The number of thiazole rings is 1. The molecule has 0 aliphatic heterocycles. The number of esters is 1. The van der Waals surface area contributed by atoms with Crippen LogP contribution in [-0.2, 0) is 20.7 Å². The topological polar surface area (TPSA) is 107 Å². The highest BCUT2D eigenvalue weighted by Crippen LogP contribution is 2.22. The van der Waals surface area contributed by atoms with Crippen LogP contribution in [0.25, 0.3) is 10.2 Å². The molecule has 0 atom stereocenters. The average Bonchev–Trinajstić information content (AvgIpc) is 3.07. The number of para-hydroxylation sites is 1. The number of nitriles is 2. The van der Waals surface area contributed by atoms with Crippen LogP contribution < -0.4 is 0 Å². The maximum Gasteiger partial charge on any atom is 0.306 e. The van der Waals surface area contributed by atoms with Gasteiger partial charge in [0, 0.05) is 19.5 Å². The molecule has 26 heavy (non-hydrogen) atoms. The lowest BCUT2D eigenvalue weighted by atomic mass is 10.3. The number of amides is 1. The predicted octanol–water partition coefficient (Wildman–Crippen LogP) is 2.43. The molecule has 7 nitrogen and oxygen atoms in total. The van der Waals surface area contributed by atoms with Crippen molar-refractivity contribution in [3.63, 3.8) is 0 Å². The number of rotatable bonds is 9. The number of hydrogen-bond donors (Lipinski definition) is 0. The Morgan fingerprint density at radius 1 is 1.15 bits per heavy atom. The SMILES string of the molecule is N#CCCN(CCC#N)C(=O)COC(=O)CCc1nc2ccccc2s1. The molecule has 0 aliphatic rings. The van der Waals surface area contributed by atoms with Gasteiger partial charge >= 0.3 is 5.97 Å². The van der Waals surface area contributed by atoms with Crippen molar-refractivity contribution in [3.05, 3.63) is 29.3 Å². The molecule has 0 fully saturated rings. The van der Waals surface area contributed by atoms with Gasteiger partial charge in [0.2, 0.25) is 0 Å². The van der Waals surface area contributed by atoms with Crippen LogP contribution in [0.2, 0.25) is 0 Å². The van der Waals surface area contributed by atoms with Gasteiger partial charge < -0.3 is 9.64 Å². The summed E-state index contributed by atoms with van der Waals surface area (Å²) in [6, 6.07) is 11.7. The highest BCUT2D eigenvalue weighted by molar-refractivity contribution is 7.18. The van der Waals surface area contributed by atoms with Gasteiger partial charge in [-0.2, -0.15) is 10.5 Å². The number of carbonyl (C=O) groups is 2. The van der Waals surface area contributed by atoms with Gasteiger partial charge in [0.1, 0.15) is 0 Å². The molecule has 0 unspecified atom stereocenters. The summed E-state index contributed by atoms with van der Waals surface area (Å²) in [4.78, 5) is 29.8. The van der Waals surface area contributed by atoms with E-state index in [1.807, 2.05) is 36.4 Å². The highest BCUT2D eigenvalue weighted by Gasteiger charge is 2.15. The van der Waals surface area contributed by atoms with Crippen molar-refractivity contribution in [2.75, 3.05) is 19.7 Å². The van der Waals surface area contributed by atoms with Crippen LogP contribution in [0.3, 0.4) is 0 Å². The van der Waals surface area contributed by atoms with E-state index in [0.717, 1.165) is 15.2 Å². The van der Waals surface area contributed by atoms with Gasteiger partial charge in [-0.3, -0.25) is 9.59 Å². The molecule has 134 valence electrons. The first-order valence-electron chi connectivity index (χ1n) is 8.15. The highest BCUT2D eigenvalue weighted by atomic mass is 32.1. The van der Waals surface area contributed by atoms with Crippen LogP contribution in [-0.4, -0.2) is 41.5 Å². The standard InChI is InChI=1S/C18H18N4O3S/c19-9-3-11-22(12-4-10-20)17(23)13-25-18(24)8-7-16-21-14-5-1-2-6-15(14)26-16/h1-2,5-6H,3-4,7-8,11-13H2. The molecule has 0 radical (unpaired) electrons. The van der Waals surface area contributed by atoms with Crippen molar-refractivity contribution in [2.45, 2.75) is 25.7 Å². The fourth-order valence-electron chi connectivity index (χ4n) is 2.27. The molecule has 0 N–H and O–H groups in total. The lowest BCUT2D eigenvalue weighted by Crippen LogP contribution is -2.36. The zero-order valence-electron chi connectivity index (χ0n) is 14.2. The van der Waals surface area contributed by atoms with Crippen LogP contribution >= 0.6 is 11.3 Å². The third-order valence-corrected chi connectivity index (χ3v) is 4.67. The molecular formula is C18H18N4O3S. The minimum atomic E-state index is -0.474. The molecule has 2 rings (SSSR count). The minimum Gasteiger partial charge on any atom is -0.456 e. The second kappa shape index (κ2) is 10.1. The van der Waals surface area contributed by atoms with E-state index in [2.05, 4.69) is 4.98 Å². The van der Waals surface area contributed by atoms with Gasteiger partial charge in [-0.15, -0.1) is 11.3 Å². The molecule has 8 heteroatoms. The third kappa shape index (κ3) is 5.83. The van der Waals surface area contributed by atoms with Crippen molar-refractivity contribution in [3.8, 4) is 12.1 Å². The number of carbonyl (C=O) groups excluding carboxylic acids is 2. The number of ether oxygens (including phenoxy) is 1. The molecule has 1 heterocycles. The Morgan fingerprint density at radius 2 is 1.85 bits per heavy atom. The molecule has 2 aromatic rings. The summed E-state index contributed by atoms with van der Waals surface area (Å²) in [5, 5.41) is 18.1. The van der Waals surface area contributed by atoms with Crippen LogP contribution in [0.15, 0.2) is 24.3 Å². The van der Waals surface area contributed by atoms with Crippen LogP contribution in [0, 0.1) is 22.7 Å². The molecule has 0 saturated heterocycles. The molecule has 0 saturated carbocycles. The Morgan fingerprint density at radius 3 is 2.50 bits per heavy atom. The van der Waals surface area contributed by atoms with Crippen molar-refractivity contribution >= 4 is 33.4 Å². The zero-order valence-corrected chi connectivity index (χ0v) is 15.0. The summed E-state index contributed by atoms with van der Waals surface area (Å²) in [5.41, 5.74) is 0.904. The third-order valence-electron chi connectivity index (χ3n) is 3.58. The Bertz CT molecular complexity index is 799. The fourth-order valence-corrected chi connectivity index (χ4v) is 3.24. The second-order valence-electron chi connectivity index (χ2n) is 5.43. The Labute approximate surface area is 155 Å². The lowest BCUT2D eigenvalue weighted by molar-refractivity contribution is -0.152. The Hall–Kier alpha value is -2.97. The molecule has 0 bridgehead atoms. The van der Waals surface area contributed by atoms with Crippen LogP contribution in [0.5, 0.6) is 0 Å². The largest absolute Gasteiger partial charge is 0.456 e. The molecule has 1 amide bonds. The van der Waals surface area contributed by atoms with E-state index in [-0.39, 0.29) is 39.0 Å². The summed E-state index contributed by atoms with van der Waals surface area (Å²) in [7, 11) is 0. The monoisotopic (exact) mass is 370 g/mol. The molecular weight excluding hydrogens is 352 g/mol. The van der Waals surface area contributed by atoms with E-state index < -0.39 is 11.9 Å². The van der Waals surface area contributed by atoms with E-state index in [4.69, 9.17) is 15.3 Å². The molecule has 0 spiro atoms. The summed E-state index contributed by atoms with van der Waals surface area (Å²) in [6.07, 6.45) is 0.938. The van der Waals surface area contributed by atoms with Gasteiger partial charge in [-0.1, -0.05) is 12.1 Å². The van der Waals surface area contributed by atoms with E-state index in [1.165, 1.54) is 16.2 Å². The number of fused-ring (bicyclic) bond motifs is 1. The van der Waals surface area contributed by atoms with Gasteiger partial charge in [0.15, 0.2) is 6.61 Å². The van der Waals surface area contributed by atoms with E-state index >= 15 is 0 Å². The van der Waals surface area contributed by atoms with Crippen molar-refractivity contribution in [1.29, 1.82) is 10.5 Å². The van der Waals surface area contributed by atoms with Gasteiger partial charge in [0.05, 0.1) is 46.6 Å². The number of benzene rings is 1. The zero-order chi connectivity index (χ0) is 18.8. The van der Waals surface area contributed by atoms with Gasteiger partial charge in [0.25, 0.3) is 5.91 Å². The summed E-state index contributed by atoms with van der Waals surface area (Å²) in [6.45, 7) is 0.0655. The van der Waals surface area contributed by atoms with Crippen molar-refractivity contribution in [1.82, 2.24) is 9.88 Å². The quantitative estimate of drug-likeness (QED) is 0.627. The van der Waals surface area contributed by atoms with E-state index in [0.29, 0.717) is 6.42 Å². The number of aromatic nitrogens is 1. The number of aryl methyl sites for hydroxylation is 1. The average molecular weight is 370 g/mol. The first kappa shape index (κ1) is 19.4. The van der Waals surface area contributed by atoms with Gasteiger partial charge in [-0.05, 0) is 12.1 Å². The smallest absolute Gasteiger partial charge is 0.306 e. The summed E-state index contributed by atoms with van der Waals surface area (Å²) < 4.78 is 6.09. The van der Waals surface area contributed by atoms with Crippen LogP contribution in [0.1, 0.15) is 24.3 Å².